The number of hydrogen-bond donors (Lipinski definition) is 0. The van der Waals surface area contributed by atoms with Crippen molar-refractivity contribution in [2.24, 2.45) is 0 Å². The summed E-state index contributed by atoms with van der Waals surface area (Å²) in [5.74, 6) is 0. The molecule has 0 N–H and O–H groups in total. The van der Waals surface area contributed by atoms with Crippen molar-refractivity contribution in [3.05, 3.63) is 17.5 Å². The van der Waals surface area contributed by atoms with Crippen molar-refractivity contribution in [2.45, 2.75) is 32.0 Å². The zero-order chi connectivity index (χ0) is 11.8. The van der Waals surface area contributed by atoms with Crippen LogP contribution in [-0.2, 0) is 10.9 Å². The molecule has 6 heteroatoms. The number of alkyl halides is 3. The molecule has 0 unspecified atom stereocenters. The van der Waals surface area contributed by atoms with Crippen molar-refractivity contribution < 1.29 is 17.9 Å². The van der Waals surface area contributed by atoms with E-state index in [1.165, 1.54) is 0 Å². The molecule has 0 bridgehead atoms. The zero-order valence-electron chi connectivity index (χ0n) is 8.92. The summed E-state index contributed by atoms with van der Waals surface area (Å²) in [5.41, 5.74) is -0.254. The standard InChI is InChI=1S/C10H13F3N2O/c1-7-6-9(10(11,12)13)15(14-7)8-2-4-16-5-3-8/h6,8H,2-5H2,1H3. The molecule has 1 aromatic heterocycles. The molecule has 1 saturated heterocycles. The first-order valence-electron chi connectivity index (χ1n) is 5.19. The van der Waals surface area contributed by atoms with Crippen LogP contribution in [-0.4, -0.2) is 23.0 Å². The number of rotatable bonds is 1. The summed E-state index contributed by atoms with van der Waals surface area (Å²) in [6.07, 6.45) is -3.16. The van der Waals surface area contributed by atoms with E-state index in [0.717, 1.165) is 10.7 Å². The fourth-order valence-electron chi connectivity index (χ4n) is 1.94. The number of aromatic nitrogens is 2. The number of hydrogen-bond acceptors (Lipinski definition) is 2. The zero-order valence-corrected chi connectivity index (χ0v) is 8.92. The van der Waals surface area contributed by atoms with Crippen LogP contribution in [0.3, 0.4) is 0 Å². The van der Waals surface area contributed by atoms with Gasteiger partial charge in [-0.1, -0.05) is 0 Å². The molecule has 3 nitrogen and oxygen atoms in total. The first kappa shape index (κ1) is 11.4. The van der Waals surface area contributed by atoms with Crippen LogP contribution in [0.25, 0.3) is 0 Å². The van der Waals surface area contributed by atoms with Crippen molar-refractivity contribution in [3.8, 4) is 0 Å². The van der Waals surface area contributed by atoms with Gasteiger partial charge in [-0.2, -0.15) is 18.3 Å². The fraction of sp³-hybridized carbons (Fsp3) is 0.700. The van der Waals surface area contributed by atoms with Crippen LogP contribution in [0.15, 0.2) is 6.07 Å². The molecule has 0 radical (unpaired) electrons. The largest absolute Gasteiger partial charge is 0.433 e. The van der Waals surface area contributed by atoms with E-state index in [2.05, 4.69) is 5.10 Å². The molecule has 1 aliphatic heterocycles. The monoisotopic (exact) mass is 234 g/mol. The molecule has 1 aromatic rings. The van der Waals surface area contributed by atoms with Crippen molar-refractivity contribution in [1.82, 2.24) is 9.78 Å². The lowest BCUT2D eigenvalue weighted by atomic mass is 10.1. The minimum absolute atomic E-state index is 0.195. The third-order valence-corrected chi connectivity index (χ3v) is 2.69. The molecule has 0 aliphatic carbocycles. The van der Waals surface area contributed by atoms with Gasteiger partial charge in [0.25, 0.3) is 0 Å². The SMILES string of the molecule is Cc1cc(C(F)(F)F)n(C2CCOCC2)n1. The topological polar surface area (TPSA) is 27.1 Å². The lowest BCUT2D eigenvalue weighted by Gasteiger charge is -2.24. The van der Waals surface area contributed by atoms with Crippen LogP contribution in [0, 0.1) is 6.92 Å². The molecule has 1 fully saturated rings. The molecule has 2 heterocycles. The highest BCUT2D eigenvalue weighted by molar-refractivity contribution is 5.13. The van der Waals surface area contributed by atoms with Gasteiger partial charge < -0.3 is 4.74 Å². The van der Waals surface area contributed by atoms with Crippen LogP contribution >= 0.6 is 0 Å². The molecule has 0 spiro atoms. The van der Waals surface area contributed by atoms with Gasteiger partial charge in [0.05, 0.1) is 11.7 Å². The summed E-state index contributed by atoms with van der Waals surface area (Å²) < 4.78 is 44.4. The van der Waals surface area contributed by atoms with E-state index in [9.17, 15) is 13.2 Å². The van der Waals surface area contributed by atoms with Gasteiger partial charge in [0.1, 0.15) is 5.69 Å². The number of ether oxygens (including phenoxy) is 1. The predicted molar refractivity (Wildman–Crippen MR) is 51.1 cm³/mol. The average Bonchev–Trinajstić information content (AvgIpc) is 2.61. The second-order valence-electron chi connectivity index (χ2n) is 3.96. The minimum atomic E-state index is -4.33. The third kappa shape index (κ3) is 2.21. The average molecular weight is 234 g/mol. The Morgan fingerprint density at radius 1 is 1.38 bits per heavy atom. The molecule has 90 valence electrons. The van der Waals surface area contributed by atoms with Crippen LogP contribution in [0.1, 0.15) is 30.3 Å². The van der Waals surface area contributed by atoms with Crippen molar-refractivity contribution in [3.63, 3.8) is 0 Å². The number of halogens is 3. The molecule has 1 aliphatic rings. The smallest absolute Gasteiger partial charge is 0.381 e. The molecule has 2 rings (SSSR count). The molecule has 0 atom stereocenters. The summed E-state index contributed by atoms with van der Waals surface area (Å²) >= 11 is 0. The molecule has 0 amide bonds. The molecule has 0 saturated carbocycles. The summed E-state index contributed by atoms with van der Waals surface area (Å²) in [7, 11) is 0. The van der Waals surface area contributed by atoms with E-state index in [1.807, 2.05) is 0 Å². The lowest BCUT2D eigenvalue weighted by Crippen LogP contribution is -2.24. The van der Waals surface area contributed by atoms with Gasteiger partial charge in [0.2, 0.25) is 0 Å². The highest BCUT2D eigenvalue weighted by Gasteiger charge is 2.37. The van der Waals surface area contributed by atoms with Crippen LogP contribution in [0.4, 0.5) is 13.2 Å². The first-order chi connectivity index (χ1) is 7.48. The van der Waals surface area contributed by atoms with E-state index < -0.39 is 11.9 Å². The van der Waals surface area contributed by atoms with Gasteiger partial charge in [0, 0.05) is 13.2 Å². The van der Waals surface area contributed by atoms with Gasteiger partial charge in [-0.25, -0.2) is 0 Å². The highest BCUT2D eigenvalue weighted by atomic mass is 19.4. The van der Waals surface area contributed by atoms with Gasteiger partial charge in [0.15, 0.2) is 0 Å². The Morgan fingerprint density at radius 3 is 2.56 bits per heavy atom. The Morgan fingerprint density at radius 2 is 2.00 bits per heavy atom. The number of aryl methyl sites for hydroxylation is 1. The van der Waals surface area contributed by atoms with Gasteiger partial charge in [-0.05, 0) is 25.8 Å². The van der Waals surface area contributed by atoms with E-state index >= 15 is 0 Å². The maximum atomic E-state index is 12.7. The molecular weight excluding hydrogens is 221 g/mol. The molecule has 0 aromatic carbocycles. The maximum absolute atomic E-state index is 12.7. The maximum Gasteiger partial charge on any atom is 0.433 e. The van der Waals surface area contributed by atoms with Crippen molar-refractivity contribution >= 4 is 0 Å². The van der Waals surface area contributed by atoms with E-state index in [-0.39, 0.29) is 6.04 Å². The second-order valence-corrected chi connectivity index (χ2v) is 3.96. The van der Waals surface area contributed by atoms with E-state index in [0.29, 0.717) is 31.7 Å². The Bertz CT molecular complexity index is 367. The quantitative estimate of drug-likeness (QED) is 0.746. The summed E-state index contributed by atoms with van der Waals surface area (Å²) in [4.78, 5) is 0. The highest BCUT2D eigenvalue weighted by Crippen LogP contribution is 2.33. The van der Waals surface area contributed by atoms with E-state index in [4.69, 9.17) is 4.74 Å². The van der Waals surface area contributed by atoms with Crippen molar-refractivity contribution in [1.29, 1.82) is 0 Å². The summed E-state index contributed by atoms with van der Waals surface area (Å²) in [6, 6.07) is 0.897. The Labute approximate surface area is 91.2 Å². The van der Waals surface area contributed by atoms with Gasteiger partial charge >= 0.3 is 6.18 Å². The van der Waals surface area contributed by atoms with Gasteiger partial charge in [-0.3, -0.25) is 4.68 Å². The number of nitrogens with zero attached hydrogens (tertiary/aromatic N) is 2. The summed E-state index contributed by atoms with van der Waals surface area (Å²) in [5, 5.41) is 3.94. The Kier molecular flexibility index (Phi) is 2.92. The van der Waals surface area contributed by atoms with Crippen LogP contribution in [0.5, 0.6) is 0 Å². The van der Waals surface area contributed by atoms with Crippen LogP contribution < -0.4 is 0 Å². The second kappa shape index (κ2) is 4.08. The normalized spacial score (nSPS) is 19.0. The Hall–Kier alpha value is -1.04. The van der Waals surface area contributed by atoms with Crippen LogP contribution in [0.2, 0.25) is 0 Å². The third-order valence-electron chi connectivity index (χ3n) is 2.69. The van der Waals surface area contributed by atoms with Gasteiger partial charge in [-0.15, -0.1) is 0 Å². The summed E-state index contributed by atoms with van der Waals surface area (Å²) in [6.45, 7) is 2.58. The molecule has 16 heavy (non-hydrogen) atoms. The fourth-order valence-corrected chi connectivity index (χ4v) is 1.94. The van der Waals surface area contributed by atoms with E-state index in [1.54, 1.807) is 6.92 Å². The van der Waals surface area contributed by atoms with Crippen molar-refractivity contribution in [2.75, 3.05) is 13.2 Å². The lowest BCUT2D eigenvalue weighted by molar-refractivity contribution is -0.145. The predicted octanol–water partition coefficient (Wildman–Crippen LogP) is 2.56. The Balaban J connectivity index is 2.31. The molecular formula is C10H13F3N2O. The first-order valence-corrected chi connectivity index (χ1v) is 5.19. The minimum Gasteiger partial charge on any atom is -0.381 e.